The maximum atomic E-state index is 14.6. The summed E-state index contributed by atoms with van der Waals surface area (Å²) in [6, 6.07) is 16.7. The van der Waals surface area contributed by atoms with Gasteiger partial charge in [0.2, 0.25) is 10.0 Å². The molecule has 4 aromatic rings. The molecule has 37 heavy (non-hydrogen) atoms. The highest BCUT2D eigenvalue weighted by Crippen LogP contribution is 2.37. The molecule has 0 fully saturated rings. The van der Waals surface area contributed by atoms with Crippen molar-refractivity contribution in [2.45, 2.75) is 45.6 Å². The van der Waals surface area contributed by atoms with Gasteiger partial charge in [-0.2, -0.15) is 4.31 Å². The molecule has 0 bridgehead atoms. The number of benzene rings is 3. The Hall–Kier alpha value is -2.93. The molecule has 0 unspecified atom stereocenters. The van der Waals surface area contributed by atoms with Crippen molar-refractivity contribution in [1.29, 1.82) is 0 Å². The van der Waals surface area contributed by atoms with Gasteiger partial charge in [-0.25, -0.2) is 12.8 Å². The van der Waals surface area contributed by atoms with Gasteiger partial charge in [0.05, 0.1) is 11.4 Å². The van der Waals surface area contributed by atoms with Crippen molar-refractivity contribution in [3.05, 3.63) is 105 Å². The molecule has 0 N–H and O–H groups in total. The molecule has 5 rings (SSSR count). The Balaban J connectivity index is 1.52. The highest BCUT2D eigenvalue weighted by molar-refractivity contribution is 7.89. The largest absolute Gasteiger partial charge is 0.340 e. The molecule has 0 radical (unpaired) electrons. The van der Waals surface area contributed by atoms with Crippen LogP contribution in [-0.4, -0.2) is 30.4 Å². The first kappa shape index (κ1) is 25.7. The van der Waals surface area contributed by atoms with Crippen LogP contribution in [0.5, 0.6) is 0 Å². The molecule has 4 nitrogen and oxygen atoms in total. The third kappa shape index (κ3) is 4.52. The quantitative estimate of drug-likeness (QED) is 0.271. The summed E-state index contributed by atoms with van der Waals surface area (Å²) >= 11 is 6.35. The van der Waals surface area contributed by atoms with Crippen molar-refractivity contribution in [2.75, 3.05) is 13.1 Å². The zero-order chi connectivity index (χ0) is 26.5. The maximum absolute atomic E-state index is 14.6. The molecule has 0 aliphatic carbocycles. The lowest BCUT2D eigenvalue weighted by Crippen LogP contribution is -2.35. The Bertz CT molecular complexity index is 1630. The lowest BCUT2D eigenvalue weighted by Gasteiger charge is -2.27. The molecule has 1 aromatic heterocycles. The van der Waals surface area contributed by atoms with Gasteiger partial charge in [0.25, 0.3) is 0 Å². The fourth-order valence-corrected chi connectivity index (χ4v) is 7.70. The van der Waals surface area contributed by atoms with Crippen LogP contribution in [0.2, 0.25) is 5.02 Å². The van der Waals surface area contributed by atoms with Crippen molar-refractivity contribution in [3.8, 4) is 0 Å². The van der Waals surface area contributed by atoms with Crippen LogP contribution in [0.25, 0.3) is 16.5 Å². The zero-order valence-corrected chi connectivity index (χ0v) is 23.0. The topological polar surface area (TPSA) is 42.3 Å². The average Bonchev–Trinajstić information content (AvgIpc) is 3.11. The molecule has 0 saturated heterocycles. The van der Waals surface area contributed by atoms with Crippen LogP contribution in [0.1, 0.15) is 39.9 Å². The van der Waals surface area contributed by atoms with Gasteiger partial charge >= 0.3 is 0 Å². The number of rotatable bonds is 5. The minimum atomic E-state index is -3.62. The van der Waals surface area contributed by atoms with E-state index in [9.17, 15) is 12.8 Å². The Kier molecular flexibility index (Phi) is 6.77. The molecule has 7 heteroatoms. The summed E-state index contributed by atoms with van der Waals surface area (Å²) in [7, 11) is -3.62. The SMILES string of the molecule is Cc1cc(C)c(S(=O)(=O)N2CC=C(c3c(C)n(Cc4c(F)cccc4Cl)c4ccccc34)CC2)c(C)c1. The van der Waals surface area contributed by atoms with Crippen LogP contribution in [0, 0.1) is 33.5 Å². The van der Waals surface area contributed by atoms with Gasteiger partial charge in [0.1, 0.15) is 5.82 Å². The van der Waals surface area contributed by atoms with Crippen LogP contribution < -0.4 is 0 Å². The zero-order valence-electron chi connectivity index (χ0n) is 21.5. The van der Waals surface area contributed by atoms with E-state index < -0.39 is 10.0 Å². The predicted octanol–water partition coefficient (Wildman–Crippen LogP) is 7.19. The first-order chi connectivity index (χ1) is 17.6. The minimum Gasteiger partial charge on any atom is -0.340 e. The van der Waals surface area contributed by atoms with Crippen LogP contribution in [0.15, 0.2) is 65.6 Å². The van der Waals surface area contributed by atoms with E-state index in [4.69, 9.17) is 11.6 Å². The van der Waals surface area contributed by atoms with Crippen LogP contribution in [0.3, 0.4) is 0 Å². The van der Waals surface area contributed by atoms with Crippen molar-refractivity contribution in [2.24, 2.45) is 0 Å². The summed E-state index contributed by atoms with van der Waals surface area (Å²) in [5.74, 6) is -0.328. The number of para-hydroxylation sites is 1. The summed E-state index contributed by atoms with van der Waals surface area (Å²) in [6.45, 7) is 8.76. The second-order valence-corrected chi connectivity index (χ2v) is 12.1. The number of nitrogens with zero attached hydrogens (tertiary/aromatic N) is 2. The first-order valence-electron chi connectivity index (χ1n) is 12.4. The lowest BCUT2D eigenvalue weighted by molar-refractivity contribution is 0.440. The normalized spacial score (nSPS) is 14.8. The smallest absolute Gasteiger partial charge is 0.243 e. The fraction of sp³-hybridized carbons (Fsp3) is 0.267. The monoisotopic (exact) mass is 536 g/mol. The molecule has 0 atom stereocenters. The molecule has 0 saturated carbocycles. The molecule has 192 valence electrons. The van der Waals surface area contributed by atoms with Crippen LogP contribution in [0.4, 0.5) is 4.39 Å². The number of aryl methyl sites for hydroxylation is 3. The molecule has 3 aromatic carbocycles. The first-order valence-corrected chi connectivity index (χ1v) is 14.2. The van der Waals surface area contributed by atoms with Crippen molar-refractivity contribution in [1.82, 2.24) is 8.87 Å². The number of aromatic nitrogens is 1. The van der Waals surface area contributed by atoms with Crippen LogP contribution in [-0.2, 0) is 16.6 Å². The number of halogens is 2. The molecule has 1 aliphatic heterocycles. The molecule has 1 aliphatic rings. The summed E-state index contributed by atoms with van der Waals surface area (Å²) in [5, 5.41) is 1.47. The van der Waals surface area contributed by atoms with E-state index in [1.807, 2.05) is 64.1 Å². The van der Waals surface area contributed by atoms with E-state index in [2.05, 4.69) is 10.6 Å². The summed E-state index contributed by atoms with van der Waals surface area (Å²) < 4.78 is 45.4. The number of hydrogen-bond acceptors (Lipinski definition) is 2. The standard InChI is InChI=1S/C30H30ClFN2O2S/c1-19-16-20(2)30(21(3)17-19)37(35,36)33-14-12-23(13-15-33)29-22(4)34(28-11-6-5-8-24(28)29)18-25-26(31)9-7-10-27(25)32/h5-12,16-17H,13-15,18H2,1-4H3. The summed E-state index contributed by atoms with van der Waals surface area (Å²) in [6.07, 6.45) is 2.62. The molecular weight excluding hydrogens is 507 g/mol. The fourth-order valence-electron chi connectivity index (χ4n) is 5.68. The lowest BCUT2D eigenvalue weighted by atomic mass is 9.97. The van der Waals surface area contributed by atoms with E-state index in [1.54, 1.807) is 16.4 Å². The second-order valence-electron chi connectivity index (χ2n) is 9.83. The molecule has 0 amide bonds. The third-order valence-electron chi connectivity index (χ3n) is 7.30. The van der Waals surface area contributed by atoms with Crippen molar-refractivity contribution < 1.29 is 12.8 Å². The molecular formula is C30H30ClFN2O2S. The van der Waals surface area contributed by atoms with Gasteiger partial charge in [-0.15, -0.1) is 0 Å². The van der Waals surface area contributed by atoms with Gasteiger partial charge in [0.15, 0.2) is 0 Å². The second kappa shape index (κ2) is 9.75. The molecule has 0 spiro atoms. The van der Waals surface area contributed by atoms with Gasteiger partial charge in [-0.3, -0.25) is 0 Å². The number of hydrogen-bond donors (Lipinski definition) is 0. The number of sulfonamides is 1. The Labute approximate surface area is 223 Å². The Morgan fingerprint density at radius 2 is 1.68 bits per heavy atom. The van der Waals surface area contributed by atoms with E-state index in [1.165, 1.54) is 6.07 Å². The van der Waals surface area contributed by atoms with Crippen molar-refractivity contribution in [3.63, 3.8) is 0 Å². The van der Waals surface area contributed by atoms with E-state index in [0.29, 0.717) is 41.5 Å². The third-order valence-corrected chi connectivity index (χ3v) is 9.83. The van der Waals surface area contributed by atoms with E-state index in [-0.39, 0.29) is 5.82 Å². The summed E-state index contributed by atoms with van der Waals surface area (Å²) in [4.78, 5) is 0.407. The number of fused-ring (bicyclic) bond motifs is 1. The average molecular weight is 537 g/mol. The molecule has 2 heterocycles. The van der Waals surface area contributed by atoms with Gasteiger partial charge < -0.3 is 4.57 Å². The highest BCUT2D eigenvalue weighted by atomic mass is 35.5. The van der Waals surface area contributed by atoms with E-state index in [0.717, 1.165) is 44.4 Å². The summed E-state index contributed by atoms with van der Waals surface area (Å²) in [5.41, 5.74) is 7.26. The Morgan fingerprint density at radius 3 is 2.32 bits per heavy atom. The van der Waals surface area contributed by atoms with Crippen LogP contribution >= 0.6 is 11.6 Å². The van der Waals surface area contributed by atoms with Crippen molar-refractivity contribution >= 4 is 38.1 Å². The Morgan fingerprint density at radius 1 is 0.973 bits per heavy atom. The van der Waals surface area contributed by atoms with Gasteiger partial charge in [-0.1, -0.05) is 59.6 Å². The highest BCUT2D eigenvalue weighted by Gasteiger charge is 2.30. The van der Waals surface area contributed by atoms with Gasteiger partial charge in [-0.05, 0) is 69.0 Å². The van der Waals surface area contributed by atoms with E-state index >= 15 is 0 Å². The van der Waals surface area contributed by atoms with Gasteiger partial charge in [0, 0.05) is 45.8 Å². The predicted molar refractivity (Wildman–Crippen MR) is 149 cm³/mol. The minimum absolute atomic E-state index is 0.308. The maximum Gasteiger partial charge on any atom is 0.243 e.